The van der Waals surface area contributed by atoms with E-state index in [1.54, 1.807) is 11.3 Å². The standard InChI is InChI=1S/C13H13N3S/c1-8-16-12(6-14)13(17-8)10-7-15-11-5-3-2-4-9(10)11/h2-5,7,15H,6,14H2,1H3. The van der Waals surface area contributed by atoms with E-state index in [1.807, 2.05) is 19.2 Å². The fourth-order valence-electron chi connectivity index (χ4n) is 2.08. The highest BCUT2D eigenvalue weighted by atomic mass is 32.1. The number of rotatable bonds is 2. The van der Waals surface area contributed by atoms with Crippen molar-refractivity contribution in [1.82, 2.24) is 9.97 Å². The zero-order chi connectivity index (χ0) is 11.8. The third-order valence-corrected chi connectivity index (χ3v) is 3.88. The molecule has 0 saturated heterocycles. The van der Waals surface area contributed by atoms with Gasteiger partial charge in [0.05, 0.1) is 15.6 Å². The Balaban J connectivity index is 2.26. The molecular formula is C13H13N3S. The van der Waals surface area contributed by atoms with Crippen LogP contribution in [0.2, 0.25) is 0 Å². The summed E-state index contributed by atoms with van der Waals surface area (Å²) in [5.41, 5.74) is 9.08. The average molecular weight is 243 g/mol. The van der Waals surface area contributed by atoms with Crippen LogP contribution in [0.4, 0.5) is 0 Å². The summed E-state index contributed by atoms with van der Waals surface area (Å²) in [6, 6.07) is 8.28. The first-order chi connectivity index (χ1) is 8.29. The monoisotopic (exact) mass is 243 g/mol. The molecular weight excluding hydrogens is 230 g/mol. The third kappa shape index (κ3) is 1.66. The molecule has 0 aliphatic heterocycles. The Morgan fingerprint density at radius 1 is 1.35 bits per heavy atom. The molecule has 2 heterocycles. The molecule has 0 spiro atoms. The summed E-state index contributed by atoms with van der Waals surface area (Å²) in [4.78, 5) is 8.94. The zero-order valence-corrected chi connectivity index (χ0v) is 10.3. The minimum Gasteiger partial charge on any atom is -0.361 e. The molecule has 3 nitrogen and oxygen atoms in total. The van der Waals surface area contributed by atoms with E-state index in [-0.39, 0.29) is 0 Å². The molecule has 0 saturated carbocycles. The molecule has 17 heavy (non-hydrogen) atoms. The molecule has 0 atom stereocenters. The topological polar surface area (TPSA) is 54.7 Å². The van der Waals surface area contributed by atoms with E-state index >= 15 is 0 Å². The van der Waals surface area contributed by atoms with Crippen LogP contribution in [-0.4, -0.2) is 9.97 Å². The molecule has 4 heteroatoms. The van der Waals surface area contributed by atoms with E-state index in [9.17, 15) is 0 Å². The fourth-order valence-corrected chi connectivity index (χ4v) is 3.06. The lowest BCUT2D eigenvalue weighted by Gasteiger charge is -1.97. The number of nitrogens with zero attached hydrogens (tertiary/aromatic N) is 1. The molecule has 0 aliphatic carbocycles. The highest BCUT2D eigenvalue weighted by Gasteiger charge is 2.13. The molecule has 3 aromatic rings. The predicted molar refractivity (Wildman–Crippen MR) is 72.0 cm³/mol. The summed E-state index contributed by atoms with van der Waals surface area (Å²) in [6.45, 7) is 2.50. The summed E-state index contributed by atoms with van der Waals surface area (Å²) < 4.78 is 0. The van der Waals surface area contributed by atoms with Gasteiger partial charge in [-0.1, -0.05) is 18.2 Å². The second-order valence-corrected chi connectivity index (χ2v) is 5.16. The van der Waals surface area contributed by atoms with Crippen LogP contribution in [0.3, 0.4) is 0 Å². The van der Waals surface area contributed by atoms with Crippen LogP contribution in [0.5, 0.6) is 0 Å². The van der Waals surface area contributed by atoms with E-state index in [0.717, 1.165) is 16.2 Å². The smallest absolute Gasteiger partial charge is 0.0904 e. The van der Waals surface area contributed by atoms with Crippen molar-refractivity contribution in [1.29, 1.82) is 0 Å². The van der Waals surface area contributed by atoms with Gasteiger partial charge in [0.1, 0.15) is 0 Å². The number of hydrogen-bond donors (Lipinski definition) is 2. The number of para-hydroxylation sites is 1. The normalized spacial score (nSPS) is 11.2. The Morgan fingerprint density at radius 2 is 2.18 bits per heavy atom. The largest absolute Gasteiger partial charge is 0.361 e. The summed E-state index contributed by atoms with van der Waals surface area (Å²) in [7, 11) is 0. The zero-order valence-electron chi connectivity index (χ0n) is 9.53. The number of aromatic nitrogens is 2. The maximum Gasteiger partial charge on any atom is 0.0904 e. The molecule has 2 aromatic heterocycles. The van der Waals surface area contributed by atoms with Crippen molar-refractivity contribution in [2.75, 3.05) is 0 Å². The van der Waals surface area contributed by atoms with E-state index in [2.05, 4.69) is 28.2 Å². The highest BCUT2D eigenvalue weighted by Crippen LogP contribution is 2.34. The molecule has 86 valence electrons. The molecule has 3 N–H and O–H groups in total. The first-order valence-electron chi connectivity index (χ1n) is 5.52. The van der Waals surface area contributed by atoms with E-state index in [4.69, 9.17) is 5.73 Å². The van der Waals surface area contributed by atoms with Crippen LogP contribution in [0.25, 0.3) is 21.3 Å². The first kappa shape index (κ1) is 10.5. The van der Waals surface area contributed by atoms with Crippen LogP contribution in [-0.2, 0) is 6.54 Å². The van der Waals surface area contributed by atoms with Crippen LogP contribution in [0.1, 0.15) is 10.7 Å². The number of benzene rings is 1. The maximum atomic E-state index is 5.75. The van der Waals surface area contributed by atoms with Gasteiger partial charge in [0, 0.05) is 29.2 Å². The minimum absolute atomic E-state index is 0.485. The SMILES string of the molecule is Cc1nc(CN)c(-c2c[nH]c3ccccc23)s1. The Bertz CT molecular complexity index is 666. The molecule has 0 bridgehead atoms. The van der Waals surface area contributed by atoms with Crippen molar-refractivity contribution in [2.45, 2.75) is 13.5 Å². The van der Waals surface area contributed by atoms with Gasteiger partial charge in [-0.2, -0.15) is 0 Å². The second-order valence-electron chi connectivity index (χ2n) is 3.96. The minimum atomic E-state index is 0.485. The number of H-pyrrole nitrogens is 1. The molecule has 0 unspecified atom stereocenters. The van der Waals surface area contributed by atoms with Crippen molar-refractivity contribution >= 4 is 22.2 Å². The van der Waals surface area contributed by atoms with Gasteiger partial charge in [-0.15, -0.1) is 11.3 Å². The Kier molecular flexibility index (Phi) is 2.46. The number of nitrogens with two attached hydrogens (primary N) is 1. The molecule has 1 aromatic carbocycles. The second kappa shape index (κ2) is 3.98. The Morgan fingerprint density at radius 3 is 3.00 bits per heavy atom. The van der Waals surface area contributed by atoms with Gasteiger partial charge >= 0.3 is 0 Å². The summed E-state index contributed by atoms with van der Waals surface area (Å²) in [5, 5.41) is 2.29. The average Bonchev–Trinajstić information content (AvgIpc) is 2.91. The lowest BCUT2D eigenvalue weighted by atomic mass is 10.1. The number of thiazole rings is 1. The number of aromatic amines is 1. The van der Waals surface area contributed by atoms with Gasteiger partial charge in [0.15, 0.2) is 0 Å². The summed E-state index contributed by atoms with van der Waals surface area (Å²) in [5.74, 6) is 0. The summed E-state index contributed by atoms with van der Waals surface area (Å²) in [6.07, 6.45) is 2.04. The van der Waals surface area contributed by atoms with Crippen molar-refractivity contribution < 1.29 is 0 Å². The van der Waals surface area contributed by atoms with Crippen molar-refractivity contribution in [2.24, 2.45) is 5.73 Å². The van der Waals surface area contributed by atoms with Gasteiger partial charge in [-0.3, -0.25) is 0 Å². The van der Waals surface area contributed by atoms with E-state index in [0.29, 0.717) is 6.54 Å². The van der Waals surface area contributed by atoms with Gasteiger partial charge < -0.3 is 10.7 Å². The number of aryl methyl sites for hydroxylation is 1. The lowest BCUT2D eigenvalue weighted by molar-refractivity contribution is 1.00. The van der Waals surface area contributed by atoms with Crippen LogP contribution in [0, 0.1) is 6.92 Å². The van der Waals surface area contributed by atoms with Gasteiger partial charge in [0.25, 0.3) is 0 Å². The molecule has 0 radical (unpaired) electrons. The third-order valence-electron chi connectivity index (χ3n) is 2.83. The number of nitrogens with one attached hydrogen (secondary N) is 1. The van der Waals surface area contributed by atoms with Crippen LogP contribution >= 0.6 is 11.3 Å². The highest BCUT2D eigenvalue weighted by molar-refractivity contribution is 7.15. The summed E-state index contributed by atoms with van der Waals surface area (Å²) >= 11 is 1.70. The van der Waals surface area contributed by atoms with Gasteiger partial charge in [0.2, 0.25) is 0 Å². The predicted octanol–water partition coefficient (Wildman–Crippen LogP) is 3.06. The van der Waals surface area contributed by atoms with Crippen molar-refractivity contribution in [3.63, 3.8) is 0 Å². The van der Waals surface area contributed by atoms with Gasteiger partial charge in [-0.25, -0.2) is 4.98 Å². The fraction of sp³-hybridized carbons (Fsp3) is 0.154. The quantitative estimate of drug-likeness (QED) is 0.726. The maximum absolute atomic E-state index is 5.75. The van der Waals surface area contributed by atoms with Crippen molar-refractivity contribution in [3.05, 3.63) is 41.2 Å². The lowest BCUT2D eigenvalue weighted by Crippen LogP contribution is -1.98. The molecule has 0 fully saturated rings. The van der Waals surface area contributed by atoms with Gasteiger partial charge in [-0.05, 0) is 13.0 Å². The molecule has 0 amide bonds. The number of hydrogen-bond acceptors (Lipinski definition) is 3. The van der Waals surface area contributed by atoms with E-state index < -0.39 is 0 Å². The van der Waals surface area contributed by atoms with Crippen LogP contribution in [0.15, 0.2) is 30.5 Å². The van der Waals surface area contributed by atoms with Crippen molar-refractivity contribution in [3.8, 4) is 10.4 Å². The molecule has 0 aliphatic rings. The number of fused-ring (bicyclic) bond motifs is 1. The first-order valence-corrected chi connectivity index (χ1v) is 6.34. The Labute approximate surface area is 103 Å². The van der Waals surface area contributed by atoms with E-state index in [1.165, 1.54) is 15.8 Å². The molecule has 3 rings (SSSR count). The Hall–Kier alpha value is -1.65. The van der Waals surface area contributed by atoms with Crippen LogP contribution < -0.4 is 5.73 Å².